The van der Waals surface area contributed by atoms with Gasteiger partial charge in [-0.3, -0.25) is 4.79 Å². The third kappa shape index (κ3) is 4.85. The molecule has 0 aliphatic carbocycles. The molecule has 2 aromatic carbocycles. The Labute approximate surface area is 168 Å². The van der Waals surface area contributed by atoms with Crippen molar-refractivity contribution in [3.63, 3.8) is 0 Å². The van der Waals surface area contributed by atoms with Gasteiger partial charge < -0.3 is 0 Å². The van der Waals surface area contributed by atoms with E-state index in [0.29, 0.717) is 12.1 Å². The lowest BCUT2D eigenvalue weighted by Crippen LogP contribution is -2.37. The molecule has 3 aromatic rings. The molecule has 3 rings (SSSR count). The van der Waals surface area contributed by atoms with E-state index in [0.717, 1.165) is 20.1 Å². The third-order valence-corrected chi connectivity index (χ3v) is 4.36. The van der Waals surface area contributed by atoms with Crippen LogP contribution in [0.15, 0.2) is 82.0 Å². The van der Waals surface area contributed by atoms with E-state index in [9.17, 15) is 4.79 Å². The fraction of sp³-hybridized carbons (Fsp3) is 0.0526. The second-order valence-corrected chi connectivity index (χ2v) is 7.04. The van der Waals surface area contributed by atoms with Crippen LogP contribution in [0.1, 0.15) is 10.4 Å². The molecular weight excluding hydrogens is 498 g/mol. The van der Waals surface area contributed by atoms with E-state index in [4.69, 9.17) is 0 Å². The predicted octanol–water partition coefficient (Wildman–Crippen LogP) is 5.63. The highest BCUT2D eigenvalue weighted by molar-refractivity contribution is 9.11. The zero-order valence-corrected chi connectivity index (χ0v) is 17.5. The van der Waals surface area contributed by atoms with Gasteiger partial charge >= 0.3 is 0 Å². The van der Waals surface area contributed by atoms with Crippen LogP contribution in [-0.4, -0.2) is 5.78 Å². The van der Waals surface area contributed by atoms with E-state index in [2.05, 4.69) is 44.0 Å². The molecule has 2 nitrogen and oxygen atoms in total. The lowest BCUT2D eigenvalue weighted by atomic mass is 10.0. The first-order chi connectivity index (χ1) is 11.1. The number of rotatable bonds is 4. The number of nitrogens with zero attached hydrogens (tertiary/aromatic N) is 1. The van der Waals surface area contributed by atoms with Crippen molar-refractivity contribution in [2.75, 3.05) is 0 Å². The Morgan fingerprint density at radius 2 is 1.38 bits per heavy atom. The highest BCUT2D eigenvalue weighted by Gasteiger charge is 2.13. The first-order valence-corrected chi connectivity index (χ1v) is 8.74. The molecule has 0 aliphatic heterocycles. The maximum absolute atomic E-state index is 12.4. The van der Waals surface area contributed by atoms with Crippen LogP contribution in [0.2, 0.25) is 0 Å². The summed E-state index contributed by atoms with van der Waals surface area (Å²) in [5.74, 6) is 0.0830. The van der Waals surface area contributed by atoms with Gasteiger partial charge in [-0.2, -0.15) is 4.57 Å². The molecule has 0 amide bonds. The number of hydrogen-bond donors (Lipinski definition) is 0. The summed E-state index contributed by atoms with van der Waals surface area (Å²) in [7, 11) is 0. The molecule has 0 N–H and O–H groups in total. The molecule has 0 atom stereocenters. The smallest absolute Gasteiger partial charge is 0.227 e. The quantitative estimate of drug-likeness (QED) is 0.328. The number of Topliss-reactive ketones (excluding diaryl/α,β-unsaturated/α-hetero) is 1. The average Bonchev–Trinajstić information content (AvgIpc) is 2.55. The van der Waals surface area contributed by atoms with E-state index in [1.165, 1.54) is 0 Å². The maximum Gasteiger partial charge on any atom is 0.227 e. The van der Waals surface area contributed by atoms with Crippen LogP contribution in [0.5, 0.6) is 0 Å². The van der Waals surface area contributed by atoms with Crippen molar-refractivity contribution in [3.8, 4) is 11.1 Å². The Morgan fingerprint density at radius 1 is 0.833 bits per heavy atom. The van der Waals surface area contributed by atoms with Gasteiger partial charge in [0.05, 0.1) is 8.95 Å². The van der Waals surface area contributed by atoms with E-state index in [1.807, 2.05) is 65.5 Å². The van der Waals surface area contributed by atoms with Gasteiger partial charge in [0, 0.05) is 5.56 Å². The molecule has 24 heavy (non-hydrogen) atoms. The van der Waals surface area contributed by atoms with E-state index >= 15 is 0 Å². The summed E-state index contributed by atoms with van der Waals surface area (Å²) in [6.07, 6.45) is 3.78. The molecule has 0 saturated carbocycles. The maximum atomic E-state index is 12.4. The molecule has 0 spiro atoms. The van der Waals surface area contributed by atoms with Gasteiger partial charge in [-0.25, -0.2) is 0 Å². The average molecular weight is 513 g/mol. The van der Waals surface area contributed by atoms with Gasteiger partial charge in [-0.1, -0.05) is 54.6 Å². The highest BCUT2D eigenvalue weighted by atomic mass is 79.9. The lowest BCUT2D eigenvalue weighted by Gasteiger charge is -2.03. The first-order valence-electron chi connectivity index (χ1n) is 7.16. The zero-order chi connectivity index (χ0) is 16.2. The number of pyridine rings is 1. The topological polar surface area (TPSA) is 20.9 Å². The number of hydrogen-bond acceptors (Lipinski definition) is 1. The van der Waals surface area contributed by atoms with Gasteiger partial charge in [-0.15, -0.1) is 17.0 Å². The summed E-state index contributed by atoms with van der Waals surface area (Å²) in [6, 6.07) is 19.8. The summed E-state index contributed by atoms with van der Waals surface area (Å²) in [6.45, 7) is 0.308. The van der Waals surface area contributed by atoms with Crippen molar-refractivity contribution < 1.29 is 9.36 Å². The highest BCUT2D eigenvalue weighted by Crippen LogP contribution is 2.19. The molecule has 5 heteroatoms. The third-order valence-electron chi connectivity index (χ3n) is 3.49. The van der Waals surface area contributed by atoms with Gasteiger partial charge in [0.25, 0.3) is 0 Å². The zero-order valence-electron chi connectivity index (χ0n) is 12.7. The molecule has 0 bridgehead atoms. The molecule has 0 fully saturated rings. The van der Waals surface area contributed by atoms with Crippen molar-refractivity contribution in [1.29, 1.82) is 0 Å². The summed E-state index contributed by atoms with van der Waals surface area (Å²) in [5, 5.41) is 0. The summed E-state index contributed by atoms with van der Waals surface area (Å²) in [4.78, 5) is 12.4. The van der Waals surface area contributed by atoms with Gasteiger partial charge in [0.2, 0.25) is 12.3 Å². The second-order valence-electron chi connectivity index (χ2n) is 5.21. The number of halogens is 3. The Hall–Kier alpha value is -1.30. The van der Waals surface area contributed by atoms with Crippen LogP contribution in [0.25, 0.3) is 11.1 Å². The minimum Gasteiger partial charge on any atom is -0.287 e. The fourth-order valence-corrected chi connectivity index (χ4v) is 3.71. The number of carbonyl (C=O) groups excluding carboxylic acids is 1. The number of benzene rings is 2. The minimum absolute atomic E-state index is 0. The first kappa shape index (κ1) is 19.0. The monoisotopic (exact) mass is 510 g/mol. The summed E-state index contributed by atoms with van der Waals surface area (Å²) >= 11 is 6.86. The fourth-order valence-electron chi connectivity index (χ4n) is 2.39. The molecule has 0 unspecified atom stereocenters. The SMILES string of the molecule is Br.O=C(C[n+]1cc(Br)cc(Br)c1)c1ccc(-c2ccccc2)cc1. The van der Waals surface area contributed by atoms with Gasteiger partial charge in [0.1, 0.15) is 0 Å². The van der Waals surface area contributed by atoms with Crippen LogP contribution in [0, 0.1) is 0 Å². The summed E-state index contributed by atoms with van der Waals surface area (Å²) < 4.78 is 3.72. The molecule has 122 valence electrons. The van der Waals surface area contributed by atoms with Crippen LogP contribution in [0.4, 0.5) is 0 Å². The van der Waals surface area contributed by atoms with Crippen LogP contribution < -0.4 is 4.57 Å². The molecular formula is C19H15Br3NO+. The standard InChI is InChI=1S/C19H14Br2NO.BrH/c20-17-10-18(21)12-22(11-17)13-19(23)16-8-6-15(7-9-16)14-4-2-1-3-5-14;/h1-12H,13H2;1H/q+1;. The van der Waals surface area contributed by atoms with Crippen molar-refractivity contribution in [2.45, 2.75) is 6.54 Å². The van der Waals surface area contributed by atoms with Crippen LogP contribution in [-0.2, 0) is 6.54 Å². The minimum atomic E-state index is 0. The number of carbonyl (C=O) groups is 1. The Morgan fingerprint density at radius 3 is 1.96 bits per heavy atom. The van der Waals surface area contributed by atoms with Crippen molar-refractivity contribution in [3.05, 3.63) is 87.6 Å². The van der Waals surface area contributed by atoms with Gasteiger partial charge in [-0.05, 0) is 49.1 Å². The molecule has 0 saturated heterocycles. The van der Waals surface area contributed by atoms with E-state index in [-0.39, 0.29) is 22.8 Å². The van der Waals surface area contributed by atoms with Crippen LogP contribution in [0.3, 0.4) is 0 Å². The largest absolute Gasteiger partial charge is 0.287 e. The normalized spacial score (nSPS) is 10.1. The van der Waals surface area contributed by atoms with Crippen LogP contribution >= 0.6 is 48.8 Å². The van der Waals surface area contributed by atoms with Crippen molar-refractivity contribution >= 4 is 54.6 Å². The lowest BCUT2D eigenvalue weighted by molar-refractivity contribution is -0.684. The molecule has 0 aliphatic rings. The number of aromatic nitrogens is 1. The van der Waals surface area contributed by atoms with Gasteiger partial charge in [0.15, 0.2) is 12.4 Å². The molecule has 1 heterocycles. The van der Waals surface area contributed by atoms with E-state index in [1.54, 1.807) is 0 Å². The molecule has 0 radical (unpaired) electrons. The summed E-state index contributed by atoms with van der Waals surface area (Å²) in [5.41, 5.74) is 2.98. The Kier molecular flexibility index (Phi) is 6.90. The number of ketones is 1. The van der Waals surface area contributed by atoms with E-state index < -0.39 is 0 Å². The Bertz CT molecular complexity index is 813. The van der Waals surface area contributed by atoms with Crippen molar-refractivity contribution in [1.82, 2.24) is 0 Å². The Balaban J connectivity index is 0.00000208. The molecule has 1 aromatic heterocycles. The predicted molar refractivity (Wildman–Crippen MR) is 109 cm³/mol. The second kappa shape index (κ2) is 8.70. The van der Waals surface area contributed by atoms with Crippen molar-refractivity contribution in [2.24, 2.45) is 0 Å².